The van der Waals surface area contributed by atoms with Crippen LogP contribution in [0.15, 0.2) is 22.7 Å². The maximum Gasteiger partial charge on any atom is 0.137 e. The first kappa shape index (κ1) is 13.9. The summed E-state index contributed by atoms with van der Waals surface area (Å²) in [5.74, 6) is 0.305. The monoisotopic (exact) mass is 294 g/mol. The van der Waals surface area contributed by atoms with Gasteiger partial charge in [-0.2, -0.15) is 5.26 Å². The Bertz CT molecular complexity index is 604. The van der Waals surface area contributed by atoms with Crippen molar-refractivity contribution in [3.63, 3.8) is 0 Å². The Morgan fingerprint density at radius 3 is 2.42 bits per heavy atom. The van der Waals surface area contributed by atoms with E-state index in [9.17, 15) is 5.26 Å². The SMILES string of the molecule is Cc1noc(C)c1CC(C#N)c1c(Cl)cccc1Cl. The molecule has 1 atom stereocenters. The van der Waals surface area contributed by atoms with Crippen molar-refractivity contribution >= 4 is 23.2 Å². The topological polar surface area (TPSA) is 49.8 Å². The van der Waals surface area contributed by atoms with E-state index in [4.69, 9.17) is 27.7 Å². The number of hydrogen-bond acceptors (Lipinski definition) is 3. The Balaban J connectivity index is 2.40. The molecule has 0 spiro atoms. The summed E-state index contributed by atoms with van der Waals surface area (Å²) in [4.78, 5) is 0. The summed E-state index contributed by atoms with van der Waals surface area (Å²) in [6.45, 7) is 3.69. The minimum Gasteiger partial charge on any atom is -0.361 e. The molecule has 2 rings (SSSR count). The second kappa shape index (κ2) is 5.64. The lowest BCUT2D eigenvalue weighted by molar-refractivity contribution is 0.392. The van der Waals surface area contributed by atoms with Gasteiger partial charge in [0.2, 0.25) is 0 Å². The average molecular weight is 295 g/mol. The van der Waals surface area contributed by atoms with Crippen LogP contribution in [0.4, 0.5) is 0 Å². The third-order valence-corrected chi connectivity index (χ3v) is 3.75. The van der Waals surface area contributed by atoms with Crippen LogP contribution in [0.2, 0.25) is 10.0 Å². The van der Waals surface area contributed by atoms with E-state index in [2.05, 4.69) is 11.2 Å². The van der Waals surface area contributed by atoms with Gasteiger partial charge in [-0.05, 0) is 32.4 Å². The maximum absolute atomic E-state index is 9.39. The largest absolute Gasteiger partial charge is 0.361 e. The smallest absolute Gasteiger partial charge is 0.137 e. The lowest BCUT2D eigenvalue weighted by Gasteiger charge is -2.12. The molecule has 0 aliphatic carbocycles. The predicted octanol–water partition coefficient (Wildman–Crippen LogP) is 4.45. The molecule has 0 saturated heterocycles. The van der Waals surface area contributed by atoms with Crippen LogP contribution in [-0.2, 0) is 6.42 Å². The molecule has 0 amide bonds. The fourth-order valence-corrected chi connectivity index (χ4v) is 2.71. The first-order valence-electron chi connectivity index (χ1n) is 5.80. The van der Waals surface area contributed by atoms with Crippen molar-refractivity contribution in [2.45, 2.75) is 26.2 Å². The Kier molecular flexibility index (Phi) is 4.14. The lowest BCUT2D eigenvalue weighted by Crippen LogP contribution is -2.04. The van der Waals surface area contributed by atoms with Crippen molar-refractivity contribution < 1.29 is 4.52 Å². The predicted molar refractivity (Wildman–Crippen MR) is 74.5 cm³/mol. The van der Waals surface area contributed by atoms with Gasteiger partial charge in [0.25, 0.3) is 0 Å². The van der Waals surface area contributed by atoms with Crippen molar-refractivity contribution in [2.75, 3.05) is 0 Å². The van der Waals surface area contributed by atoms with Gasteiger partial charge < -0.3 is 4.52 Å². The summed E-state index contributed by atoms with van der Waals surface area (Å²) in [5.41, 5.74) is 2.39. The van der Waals surface area contributed by atoms with Gasteiger partial charge in [0.15, 0.2) is 0 Å². The molecule has 1 unspecified atom stereocenters. The van der Waals surface area contributed by atoms with Gasteiger partial charge in [0.1, 0.15) is 5.76 Å². The van der Waals surface area contributed by atoms with E-state index in [1.807, 2.05) is 13.8 Å². The van der Waals surface area contributed by atoms with E-state index in [1.54, 1.807) is 18.2 Å². The van der Waals surface area contributed by atoms with E-state index >= 15 is 0 Å². The summed E-state index contributed by atoms with van der Waals surface area (Å²) in [5, 5.41) is 14.3. The summed E-state index contributed by atoms with van der Waals surface area (Å²) in [6.07, 6.45) is 0.487. The molecule has 1 heterocycles. The van der Waals surface area contributed by atoms with Crippen molar-refractivity contribution in [3.05, 3.63) is 50.8 Å². The number of aromatic nitrogens is 1. The van der Waals surface area contributed by atoms with Crippen LogP contribution in [0, 0.1) is 25.2 Å². The van der Waals surface area contributed by atoms with E-state index in [0.717, 1.165) is 17.0 Å². The third kappa shape index (κ3) is 2.75. The van der Waals surface area contributed by atoms with Crippen molar-refractivity contribution in [1.29, 1.82) is 5.26 Å². The molecule has 2 aromatic rings. The van der Waals surface area contributed by atoms with E-state index in [1.165, 1.54) is 0 Å². The molecule has 0 N–H and O–H groups in total. The number of hydrogen-bond donors (Lipinski definition) is 0. The van der Waals surface area contributed by atoms with Crippen molar-refractivity contribution in [3.8, 4) is 6.07 Å². The van der Waals surface area contributed by atoms with E-state index in [0.29, 0.717) is 22.0 Å². The van der Waals surface area contributed by atoms with Gasteiger partial charge >= 0.3 is 0 Å². The zero-order valence-electron chi connectivity index (χ0n) is 10.6. The van der Waals surface area contributed by atoms with Gasteiger partial charge in [0, 0.05) is 21.2 Å². The molecule has 0 aliphatic heterocycles. The third-order valence-electron chi connectivity index (χ3n) is 3.09. The summed E-state index contributed by atoms with van der Waals surface area (Å²) in [7, 11) is 0. The van der Waals surface area contributed by atoms with Gasteiger partial charge in [0.05, 0.1) is 17.7 Å². The maximum atomic E-state index is 9.39. The summed E-state index contributed by atoms with van der Waals surface area (Å²) in [6, 6.07) is 7.49. The molecular formula is C14H12Cl2N2O. The molecular weight excluding hydrogens is 283 g/mol. The molecule has 5 heteroatoms. The van der Waals surface area contributed by atoms with Crippen LogP contribution < -0.4 is 0 Å². The number of aryl methyl sites for hydroxylation is 2. The first-order chi connectivity index (χ1) is 9.04. The molecule has 0 bridgehead atoms. The number of nitriles is 1. The number of rotatable bonds is 3. The average Bonchev–Trinajstić information content (AvgIpc) is 2.68. The highest BCUT2D eigenvalue weighted by Crippen LogP contribution is 2.34. The molecule has 1 aromatic heterocycles. The van der Waals surface area contributed by atoms with Crippen molar-refractivity contribution in [2.24, 2.45) is 0 Å². The fraction of sp³-hybridized carbons (Fsp3) is 0.286. The minimum atomic E-state index is -0.419. The van der Waals surface area contributed by atoms with Gasteiger partial charge in [-0.25, -0.2) is 0 Å². The molecule has 3 nitrogen and oxygen atoms in total. The van der Waals surface area contributed by atoms with E-state index < -0.39 is 5.92 Å². The molecule has 98 valence electrons. The van der Waals surface area contributed by atoms with Crippen LogP contribution in [0.3, 0.4) is 0 Å². The summed E-state index contributed by atoms with van der Waals surface area (Å²) < 4.78 is 5.11. The summed E-state index contributed by atoms with van der Waals surface area (Å²) >= 11 is 12.3. The Hall–Kier alpha value is -1.50. The van der Waals surface area contributed by atoms with Gasteiger partial charge in [-0.1, -0.05) is 34.4 Å². The Morgan fingerprint density at radius 1 is 1.32 bits per heavy atom. The normalized spacial score (nSPS) is 12.2. The number of nitrogens with zero attached hydrogens (tertiary/aromatic N) is 2. The quantitative estimate of drug-likeness (QED) is 0.840. The fourth-order valence-electron chi connectivity index (χ4n) is 2.05. The zero-order chi connectivity index (χ0) is 14.0. The lowest BCUT2D eigenvalue weighted by atomic mass is 9.92. The van der Waals surface area contributed by atoms with Crippen LogP contribution in [-0.4, -0.2) is 5.16 Å². The highest BCUT2D eigenvalue weighted by atomic mass is 35.5. The highest BCUT2D eigenvalue weighted by Gasteiger charge is 2.21. The first-order valence-corrected chi connectivity index (χ1v) is 6.55. The Labute approximate surface area is 121 Å². The van der Waals surface area contributed by atoms with Gasteiger partial charge in [-0.15, -0.1) is 0 Å². The van der Waals surface area contributed by atoms with Crippen LogP contribution in [0.25, 0.3) is 0 Å². The molecule has 0 fully saturated rings. The standard InChI is InChI=1S/C14H12Cl2N2O/c1-8-11(9(2)19-18-8)6-10(7-17)14-12(15)4-3-5-13(14)16/h3-5,10H,6H2,1-2H3. The molecule has 0 saturated carbocycles. The van der Waals surface area contributed by atoms with Crippen LogP contribution in [0.5, 0.6) is 0 Å². The molecule has 0 radical (unpaired) electrons. The van der Waals surface area contributed by atoms with Gasteiger partial charge in [-0.3, -0.25) is 0 Å². The number of halogens is 2. The molecule has 1 aromatic carbocycles. The highest BCUT2D eigenvalue weighted by molar-refractivity contribution is 6.36. The van der Waals surface area contributed by atoms with Crippen LogP contribution >= 0.6 is 23.2 Å². The van der Waals surface area contributed by atoms with E-state index in [-0.39, 0.29) is 0 Å². The molecule has 0 aliphatic rings. The minimum absolute atomic E-state index is 0.419. The second-order valence-electron chi connectivity index (χ2n) is 4.32. The Morgan fingerprint density at radius 2 is 1.95 bits per heavy atom. The number of benzene rings is 1. The second-order valence-corrected chi connectivity index (χ2v) is 5.14. The zero-order valence-corrected chi connectivity index (χ0v) is 12.1. The molecule has 19 heavy (non-hydrogen) atoms. The van der Waals surface area contributed by atoms with Crippen molar-refractivity contribution in [1.82, 2.24) is 5.16 Å². The van der Waals surface area contributed by atoms with Crippen LogP contribution in [0.1, 0.15) is 28.5 Å².